The zero-order valence-electron chi connectivity index (χ0n) is 14.1. The number of rotatable bonds is 4. The molecule has 0 bridgehead atoms. The van der Waals surface area contributed by atoms with Gasteiger partial charge in [0.15, 0.2) is 0 Å². The third-order valence-electron chi connectivity index (χ3n) is 4.47. The molecule has 0 N–H and O–H groups in total. The van der Waals surface area contributed by atoms with Gasteiger partial charge in [-0.15, -0.1) is 0 Å². The summed E-state index contributed by atoms with van der Waals surface area (Å²) >= 11 is 1.68. The van der Waals surface area contributed by atoms with Crippen LogP contribution in [0.15, 0.2) is 53.5 Å². The molecule has 1 aromatic carbocycles. The number of piperazine rings is 1. The number of hydrogen-bond donors (Lipinski definition) is 0. The minimum absolute atomic E-state index is 0.916. The van der Waals surface area contributed by atoms with Crippen LogP contribution < -0.4 is 14.5 Å². The fourth-order valence-corrected chi connectivity index (χ4v) is 3.77. The molecule has 0 spiro atoms. The number of ether oxygens (including phenoxy) is 1. The van der Waals surface area contributed by atoms with Crippen LogP contribution in [0, 0.1) is 0 Å². The molecule has 1 aliphatic rings. The second kappa shape index (κ2) is 7.11. The van der Waals surface area contributed by atoms with Crippen molar-refractivity contribution in [2.75, 3.05) is 43.1 Å². The third-order valence-corrected chi connectivity index (χ3v) is 5.15. The molecule has 1 saturated heterocycles. The maximum atomic E-state index is 5.49. The third kappa shape index (κ3) is 3.30. The van der Waals surface area contributed by atoms with Crippen LogP contribution in [0.25, 0.3) is 11.3 Å². The largest absolute Gasteiger partial charge is 0.495 e. The highest BCUT2D eigenvalue weighted by molar-refractivity contribution is 7.08. The number of thiophene rings is 1. The van der Waals surface area contributed by atoms with Crippen LogP contribution in [-0.4, -0.2) is 43.3 Å². The molecular formula is C19H20N4OS. The monoisotopic (exact) mass is 352 g/mol. The molecule has 2 aromatic heterocycles. The zero-order valence-corrected chi connectivity index (χ0v) is 14.9. The van der Waals surface area contributed by atoms with Gasteiger partial charge in [0.1, 0.15) is 11.6 Å². The number of hydrogen-bond acceptors (Lipinski definition) is 6. The van der Waals surface area contributed by atoms with Crippen LogP contribution in [0.1, 0.15) is 0 Å². The van der Waals surface area contributed by atoms with E-state index in [2.05, 4.69) is 43.7 Å². The standard InChI is InChI=1S/C19H20N4OS/c1-24-18-5-3-2-4-17(18)22-7-9-23(10-8-22)19-13-20-12-16(21-19)15-6-11-25-14-15/h2-6,11-14H,7-10H2,1H3. The van der Waals surface area contributed by atoms with E-state index in [1.54, 1.807) is 18.4 Å². The first-order chi connectivity index (χ1) is 12.3. The Morgan fingerprint density at radius 3 is 2.56 bits per heavy atom. The Kier molecular flexibility index (Phi) is 4.52. The molecule has 0 atom stereocenters. The summed E-state index contributed by atoms with van der Waals surface area (Å²) in [6, 6.07) is 10.3. The van der Waals surface area contributed by atoms with Crippen LogP contribution >= 0.6 is 11.3 Å². The van der Waals surface area contributed by atoms with Crippen molar-refractivity contribution < 1.29 is 4.74 Å². The number of para-hydroxylation sites is 2. The van der Waals surface area contributed by atoms with E-state index < -0.39 is 0 Å². The van der Waals surface area contributed by atoms with Crippen molar-refractivity contribution in [2.45, 2.75) is 0 Å². The second-order valence-corrected chi connectivity index (χ2v) is 6.70. The summed E-state index contributed by atoms with van der Waals surface area (Å²) in [5.74, 6) is 1.87. The summed E-state index contributed by atoms with van der Waals surface area (Å²) in [5.41, 5.74) is 3.22. The second-order valence-electron chi connectivity index (χ2n) is 5.92. The normalized spacial score (nSPS) is 14.6. The number of methoxy groups -OCH3 is 1. The molecule has 5 nitrogen and oxygen atoms in total. The van der Waals surface area contributed by atoms with E-state index in [1.165, 1.54) is 0 Å². The Labute approximate surface area is 151 Å². The molecule has 0 saturated carbocycles. The molecule has 0 radical (unpaired) electrons. The van der Waals surface area contributed by atoms with E-state index in [9.17, 15) is 0 Å². The topological polar surface area (TPSA) is 41.5 Å². The minimum Gasteiger partial charge on any atom is -0.495 e. The van der Waals surface area contributed by atoms with Gasteiger partial charge in [-0.1, -0.05) is 12.1 Å². The van der Waals surface area contributed by atoms with Crippen molar-refractivity contribution >= 4 is 22.8 Å². The summed E-state index contributed by atoms with van der Waals surface area (Å²) in [6.45, 7) is 3.70. The lowest BCUT2D eigenvalue weighted by atomic mass is 10.2. The Hall–Kier alpha value is -2.60. The van der Waals surface area contributed by atoms with Gasteiger partial charge >= 0.3 is 0 Å². The fourth-order valence-electron chi connectivity index (χ4n) is 3.12. The van der Waals surface area contributed by atoms with E-state index in [-0.39, 0.29) is 0 Å². The van der Waals surface area contributed by atoms with Crippen LogP contribution in [0.2, 0.25) is 0 Å². The molecule has 6 heteroatoms. The van der Waals surface area contributed by atoms with Crippen LogP contribution in [-0.2, 0) is 0 Å². The SMILES string of the molecule is COc1ccccc1N1CCN(c2cncc(-c3ccsc3)n2)CC1. The average molecular weight is 352 g/mol. The number of aromatic nitrogens is 2. The zero-order chi connectivity index (χ0) is 17.1. The predicted octanol–water partition coefficient (Wildman–Crippen LogP) is 3.54. The number of nitrogens with zero attached hydrogens (tertiary/aromatic N) is 4. The molecule has 0 amide bonds. The van der Waals surface area contributed by atoms with Crippen molar-refractivity contribution in [2.24, 2.45) is 0 Å². The van der Waals surface area contributed by atoms with E-state index in [4.69, 9.17) is 9.72 Å². The molecule has 3 aromatic rings. The Balaban J connectivity index is 1.48. The molecule has 0 aliphatic carbocycles. The van der Waals surface area contributed by atoms with Crippen molar-refractivity contribution in [3.8, 4) is 17.0 Å². The fraction of sp³-hybridized carbons (Fsp3) is 0.263. The first kappa shape index (κ1) is 15.9. The van der Waals surface area contributed by atoms with Crippen molar-refractivity contribution in [1.29, 1.82) is 0 Å². The summed E-state index contributed by atoms with van der Waals surface area (Å²) in [4.78, 5) is 13.9. The Bertz CT molecular complexity index is 829. The van der Waals surface area contributed by atoms with Crippen molar-refractivity contribution in [3.63, 3.8) is 0 Å². The van der Waals surface area contributed by atoms with Gasteiger partial charge in [0, 0.05) is 37.1 Å². The van der Waals surface area contributed by atoms with Gasteiger partial charge in [0.05, 0.1) is 30.9 Å². The highest BCUT2D eigenvalue weighted by Gasteiger charge is 2.21. The first-order valence-corrected chi connectivity index (χ1v) is 9.27. The van der Waals surface area contributed by atoms with Gasteiger partial charge in [-0.2, -0.15) is 11.3 Å². The Morgan fingerprint density at radius 2 is 1.80 bits per heavy atom. The van der Waals surface area contributed by atoms with E-state index in [1.807, 2.05) is 24.5 Å². The van der Waals surface area contributed by atoms with Gasteiger partial charge in [-0.25, -0.2) is 4.98 Å². The van der Waals surface area contributed by atoms with Crippen LogP contribution in [0.3, 0.4) is 0 Å². The average Bonchev–Trinajstić information content (AvgIpc) is 3.23. The summed E-state index contributed by atoms with van der Waals surface area (Å²) in [7, 11) is 1.72. The molecule has 4 rings (SSSR count). The highest BCUT2D eigenvalue weighted by atomic mass is 32.1. The first-order valence-electron chi connectivity index (χ1n) is 8.32. The number of anilines is 2. The van der Waals surface area contributed by atoms with E-state index >= 15 is 0 Å². The Morgan fingerprint density at radius 1 is 1.00 bits per heavy atom. The smallest absolute Gasteiger partial charge is 0.147 e. The summed E-state index contributed by atoms with van der Waals surface area (Å²) < 4.78 is 5.49. The van der Waals surface area contributed by atoms with E-state index in [0.29, 0.717) is 0 Å². The minimum atomic E-state index is 0.916. The lowest BCUT2D eigenvalue weighted by Gasteiger charge is -2.37. The maximum Gasteiger partial charge on any atom is 0.147 e. The van der Waals surface area contributed by atoms with Gasteiger partial charge < -0.3 is 14.5 Å². The van der Waals surface area contributed by atoms with Crippen LogP contribution in [0.4, 0.5) is 11.5 Å². The van der Waals surface area contributed by atoms with Gasteiger partial charge in [-0.3, -0.25) is 4.98 Å². The van der Waals surface area contributed by atoms with Crippen molar-refractivity contribution in [1.82, 2.24) is 9.97 Å². The highest BCUT2D eigenvalue weighted by Crippen LogP contribution is 2.29. The lowest BCUT2D eigenvalue weighted by molar-refractivity contribution is 0.413. The van der Waals surface area contributed by atoms with E-state index in [0.717, 1.165) is 54.7 Å². The molecular weight excluding hydrogens is 332 g/mol. The summed E-state index contributed by atoms with van der Waals surface area (Å²) in [6.07, 6.45) is 3.69. The maximum absolute atomic E-state index is 5.49. The molecule has 1 aliphatic heterocycles. The number of benzene rings is 1. The molecule has 25 heavy (non-hydrogen) atoms. The van der Waals surface area contributed by atoms with Gasteiger partial charge in [-0.05, 0) is 23.6 Å². The van der Waals surface area contributed by atoms with Gasteiger partial charge in [0.2, 0.25) is 0 Å². The lowest BCUT2D eigenvalue weighted by Crippen LogP contribution is -2.47. The van der Waals surface area contributed by atoms with Gasteiger partial charge in [0.25, 0.3) is 0 Å². The predicted molar refractivity (Wildman–Crippen MR) is 103 cm³/mol. The quantitative estimate of drug-likeness (QED) is 0.718. The summed E-state index contributed by atoms with van der Waals surface area (Å²) in [5, 5.41) is 4.17. The molecule has 1 fully saturated rings. The van der Waals surface area contributed by atoms with Crippen molar-refractivity contribution in [3.05, 3.63) is 53.5 Å². The van der Waals surface area contributed by atoms with Crippen LogP contribution in [0.5, 0.6) is 5.75 Å². The molecule has 3 heterocycles. The molecule has 0 unspecified atom stereocenters. The molecule has 128 valence electrons.